The zero-order valence-corrected chi connectivity index (χ0v) is 13.6. The molecule has 0 spiro atoms. The van der Waals surface area contributed by atoms with E-state index >= 15 is 0 Å². The van der Waals surface area contributed by atoms with Crippen LogP contribution in [0.5, 0.6) is 0 Å². The molecule has 1 fully saturated rings. The number of hydrogen-bond acceptors (Lipinski definition) is 7. The van der Waals surface area contributed by atoms with Crippen LogP contribution in [0, 0.1) is 0 Å². The molecule has 0 aliphatic carbocycles. The highest BCUT2D eigenvalue weighted by Gasteiger charge is 2.36. The number of thiazole rings is 1. The summed E-state index contributed by atoms with van der Waals surface area (Å²) in [5.41, 5.74) is -0.715. The average Bonchev–Trinajstić information content (AvgIpc) is 3.15. The van der Waals surface area contributed by atoms with Crippen LogP contribution >= 0.6 is 23.1 Å². The van der Waals surface area contributed by atoms with E-state index in [0.29, 0.717) is 13.1 Å². The van der Waals surface area contributed by atoms with Crippen LogP contribution in [-0.2, 0) is 18.8 Å². The van der Waals surface area contributed by atoms with Gasteiger partial charge in [-0.05, 0) is 12.7 Å². The number of β-amino-alcohol motifs (C(OH)–C–C–N with tert-alkyl or cyclic N) is 1. The Labute approximate surface area is 132 Å². The maximum Gasteiger partial charge on any atom is 0.107 e. The molecule has 6 nitrogen and oxygen atoms in total. The van der Waals surface area contributed by atoms with Gasteiger partial charge in [0.1, 0.15) is 5.01 Å². The molecule has 114 valence electrons. The Morgan fingerprint density at radius 2 is 2.43 bits per heavy atom. The Kier molecular flexibility index (Phi) is 4.58. The number of rotatable bonds is 6. The second-order valence-corrected chi connectivity index (χ2v) is 7.50. The van der Waals surface area contributed by atoms with E-state index in [2.05, 4.69) is 26.5 Å². The highest BCUT2D eigenvalue weighted by Crippen LogP contribution is 2.26. The molecule has 1 N–H and O–H groups in total. The number of likely N-dealkylation sites (tertiary alicyclic amines) is 1. The van der Waals surface area contributed by atoms with E-state index in [1.165, 1.54) is 4.88 Å². The van der Waals surface area contributed by atoms with Crippen molar-refractivity contribution in [3.05, 3.63) is 28.5 Å². The molecule has 2 aromatic rings. The van der Waals surface area contributed by atoms with Gasteiger partial charge in [-0.2, -0.15) is 11.8 Å². The van der Waals surface area contributed by atoms with Crippen molar-refractivity contribution < 1.29 is 5.11 Å². The van der Waals surface area contributed by atoms with Gasteiger partial charge < -0.3 is 5.11 Å². The molecule has 1 aliphatic heterocycles. The second-order valence-electron chi connectivity index (χ2n) is 5.44. The minimum atomic E-state index is -0.715. The van der Waals surface area contributed by atoms with E-state index in [-0.39, 0.29) is 0 Å². The lowest BCUT2D eigenvalue weighted by Crippen LogP contribution is -2.37. The third kappa shape index (κ3) is 3.82. The van der Waals surface area contributed by atoms with E-state index in [1.807, 2.05) is 18.0 Å². The maximum atomic E-state index is 10.7. The van der Waals surface area contributed by atoms with Gasteiger partial charge in [0.25, 0.3) is 0 Å². The summed E-state index contributed by atoms with van der Waals surface area (Å²) in [4.78, 5) is 8.05. The zero-order valence-electron chi connectivity index (χ0n) is 12.0. The molecule has 0 amide bonds. The van der Waals surface area contributed by atoms with Gasteiger partial charge in [-0.1, -0.05) is 5.21 Å². The van der Waals surface area contributed by atoms with E-state index in [9.17, 15) is 5.11 Å². The number of thioether (sulfide) groups is 1. The first-order chi connectivity index (χ1) is 10.2. The molecule has 8 heteroatoms. The van der Waals surface area contributed by atoms with Crippen LogP contribution < -0.4 is 0 Å². The SMILES string of the molecule is CSCc1cnc(CN2CCC(O)(Cn3ccnn3)C2)s1. The zero-order chi connectivity index (χ0) is 14.7. The summed E-state index contributed by atoms with van der Waals surface area (Å²) in [6.45, 7) is 2.87. The molecule has 21 heavy (non-hydrogen) atoms. The fourth-order valence-corrected chi connectivity index (χ4v) is 4.35. The maximum absolute atomic E-state index is 10.7. The Balaban J connectivity index is 1.56. The number of aliphatic hydroxyl groups is 1. The normalized spacial score (nSPS) is 23.0. The Hall–Kier alpha value is -0.960. The summed E-state index contributed by atoms with van der Waals surface area (Å²) in [5, 5.41) is 19.5. The van der Waals surface area contributed by atoms with Gasteiger partial charge in [0.05, 0.1) is 24.9 Å². The van der Waals surface area contributed by atoms with Crippen molar-refractivity contribution in [3.63, 3.8) is 0 Å². The Bertz CT molecular complexity index is 573. The van der Waals surface area contributed by atoms with Crippen molar-refractivity contribution in [1.29, 1.82) is 0 Å². The number of nitrogens with zero attached hydrogens (tertiary/aromatic N) is 5. The minimum absolute atomic E-state index is 0.499. The highest BCUT2D eigenvalue weighted by atomic mass is 32.2. The summed E-state index contributed by atoms with van der Waals surface area (Å²) >= 11 is 3.58. The number of hydrogen-bond donors (Lipinski definition) is 1. The summed E-state index contributed by atoms with van der Waals surface area (Å²) in [7, 11) is 0. The smallest absolute Gasteiger partial charge is 0.107 e. The van der Waals surface area contributed by atoms with Crippen LogP contribution in [0.4, 0.5) is 0 Å². The summed E-state index contributed by atoms with van der Waals surface area (Å²) in [6, 6.07) is 0. The molecule has 1 atom stereocenters. The van der Waals surface area contributed by atoms with Crippen molar-refractivity contribution in [1.82, 2.24) is 24.9 Å². The van der Waals surface area contributed by atoms with Crippen LogP contribution in [0.3, 0.4) is 0 Å². The molecule has 1 unspecified atom stereocenters. The molecule has 3 heterocycles. The van der Waals surface area contributed by atoms with Crippen LogP contribution in [0.15, 0.2) is 18.6 Å². The lowest BCUT2D eigenvalue weighted by molar-refractivity contribution is 0.0274. The molecule has 1 aliphatic rings. The Morgan fingerprint density at radius 1 is 1.52 bits per heavy atom. The number of aromatic nitrogens is 4. The molecule has 0 saturated carbocycles. The van der Waals surface area contributed by atoms with Crippen molar-refractivity contribution in [3.8, 4) is 0 Å². The monoisotopic (exact) mass is 325 g/mol. The standard InChI is InChI=1S/C13H19N5OS2/c1-20-8-11-6-14-12(21-11)7-17-4-2-13(19,9-17)10-18-5-3-15-16-18/h3,5-6,19H,2,4,7-10H2,1H3. The summed E-state index contributed by atoms with van der Waals surface area (Å²) in [5.74, 6) is 1.02. The van der Waals surface area contributed by atoms with Gasteiger partial charge in [-0.15, -0.1) is 16.4 Å². The third-order valence-electron chi connectivity index (χ3n) is 3.59. The van der Waals surface area contributed by atoms with Gasteiger partial charge >= 0.3 is 0 Å². The van der Waals surface area contributed by atoms with Crippen LogP contribution in [0.1, 0.15) is 16.3 Å². The fraction of sp³-hybridized carbons (Fsp3) is 0.615. The van der Waals surface area contributed by atoms with Crippen molar-refractivity contribution in [2.75, 3.05) is 19.3 Å². The van der Waals surface area contributed by atoms with Crippen molar-refractivity contribution >= 4 is 23.1 Å². The summed E-state index contributed by atoms with van der Waals surface area (Å²) in [6.07, 6.45) is 8.25. The van der Waals surface area contributed by atoms with Gasteiger partial charge in [0.2, 0.25) is 0 Å². The first-order valence-electron chi connectivity index (χ1n) is 6.88. The predicted octanol–water partition coefficient (Wildman–Crippen LogP) is 1.23. The largest absolute Gasteiger partial charge is 0.387 e. The molecular formula is C13H19N5OS2. The Morgan fingerprint density at radius 3 is 3.19 bits per heavy atom. The van der Waals surface area contributed by atoms with Crippen molar-refractivity contribution in [2.45, 2.75) is 30.9 Å². The topological polar surface area (TPSA) is 67.1 Å². The molecule has 3 rings (SSSR count). The third-order valence-corrected chi connectivity index (χ3v) is 5.35. The molecule has 0 aromatic carbocycles. The van der Waals surface area contributed by atoms with Gasteiger partial charge in [0.15, 0.2) is 0 Å². The van der Waals surface area contributed by atoms with Gasteiger partial charge in [-0.25, -0.2) is 9.67 Å². The van der Waals surface area contributed by atoms with Crippen molar-refractivity contribution in [2.24, 2.45) is 0 Å². The predicted molar refractivity (Wildman–Crippen MR) is 84.2 cm³/mol. The van der Waals surface area contributed by atoms with Gasteiger partial charge in [0, 0.05) is 36.1 Å². The van der Waals surface area contributed by atoms with Gasteiger partial charge in [-0.3, -0.25) is 4.90 Å². The lowest BCUT2D eigenvalue weighted by Gasteiger charge is -2.22. The van der Waals surface area contributed by atoms with Crippen LogP contribution in [0.2, 0.25) is 0 Å². The highest BCUT2D eigenvalue weighted by molar-refractivity contribution is 7.97. The first kappa shape index (κ1) is 15.0. The minimum Gasteiger partial charge on any atom is -0.387 e. The van der Waals surface area contributed by atoms with Crippen LogP contribution in [-0.4, -0.2) is 54.9 Å². The van der Waals surface area contributed by atoms with E-state index in [0.717, 1.165) is 30.3 Å². The fourth-order valence-electron chi connectivity index (χ4n) is 2.64. The molecular weight excluding hydrogens is 306 g/mol. The quantitative estimate of drug-likeness (QED) is 0.862. The first-order valence-corrected chi connectivity index (χ1v) is 9.09. The second kappa shape index (κ2) is 6.43. The van der Waals surface area contributed by atoms with Crippen LogP contribution in [0.25, 0.3) is 0 Å². The molecule has 0 radical (unpaired) electrons. The summed E-state index contributed by atoms with van der Waals surface area (Å²) < 4.78 is 1.70. The molecule has 0 bridgehead atoms. The van der Waals surface area contributed by atoms with E-state index in [1.54, 1.807) is 28.4 Å². The average molecular weight is 325 g/mol. The van der Waals surface area contributed by atoms with E-state index in [4.69, 9.17) is 0 Å². The molecule has 1 saturated heterocycles. The molecule has 2 aromatic heterocycles. The van der Waals surface area contributed by atoms with E-state index < -0.39 is 5.60 Å². The lowest BCUT2D eigenvalue weighted by atomic mass is 10.0.